The number of ether oxygens (including phenoxy) is 1. The third kappa shape index (κ3) is 11.7. The molecular weight excluding hydrogens is 280 g/mol. The lowest BCUT2D eigenvalue weighted by Gasteiger charge is -2.02. The second-order valence-corrected chi connectivity index (χ2v) is 5.03. The highest BCUT2D eigenvalue weighted by Gasteiger charge is 1.93. The number of carbonyl (C=O) groups excluding carboxylic acids is 1. The molecule has 0 saturated carbocycles. The molecular formula is C14H23BrO2. The van der Waals surface area contributed by atoms with Gasteiger partial charge in [-0.25, -0.2) is 0 Å². The molecule has 0 N–H and O–H groups in total. The molecule has 0 radical (unpaired) electrons. The minimum Gasteiger partial charge on any atom is -0.462 e. The normalized spacial score (nSPS) is 12.7. The first-order valence-electron chi connectivity index (χ1n) is 6.07. The molecule has 0 aliphatic rings. The van der Waals surface area contributed by atoms with E-state index in [2.05, 4.69) is 35.9 Å². The lowest BCUT2D eigenvalue weighted by atomic mass is 10.1. The molecule has 0 fully saturated rings. The average molecular weight is 303 g/mol. The van der Waals surface area contributed by atoms with Gasteiger partial charge in [-0.2, -0.15) is 0 Å². The van der Waals surface area contributed by atoms with Crippen molar-refractivity contribution in [1.82, 2.24) is 0 Å². The van der Waals surface area contributed by atoms with Crippen LogP contribution in [0.25, 0.3) is 0 Å². The van der Waals surface area contributed by atoms with Crippen LogP contribution < -0.4 is 0 Å². The van der Waals surface area contributed by atoms with E-state index < -0.39 is 0 Å². The third-order valence-electron chi connectivity index (χ3n) is 2.45. The first kappa shape index (κ1) is 16.4. The molecule has 0 saturated heterocycles. The van der Waals surface area contributed by atoms with E-state index in [1.807, 2.05) is 6.08 Å². The van der Waals surface area contributed by atoms with Gasteiger partial charge in [0.25, 0.3) is 0 Å². The first-order chi connectivity index (χ1) is 8.06. The van der Waals surface area contributed by atoms with Crippen molar-refractivity contribution >= 4 is 21.9 Å². The Labute approximate surface area is 113 Å². The number of hydrogen-bond acceptors (Lipinski definition) is 2. The average Bonchev–Trinajstić information content (AvgIpc) is 2.25. The Morgan fingerprint density at radius 1 is 1.12 bits per heavy atom. The van der Waals surface area contributed by atoms with Gasteiger partial charge in [0, 0.05) is 12.3 Å². The number of carbonyl (C=O) groups is 1. The summed E-state index contributed by atoms with van der Waals surface area (Å²) in [4.78, 5) is 10.6. The second kappa shape index (κ2) is 10.6. The van der Waals surface area contributed by atoms with E-state index in [1.165, 1.54) is 30.9 Å². The van der Waals surface area contributed by atoms with Gasteiger partial charge in [0.2, 0.25) is 0 Å². The summed E-state index contributed by atoms with van der Waals surface area (Å²) in [6.45, 7) is 6.08. The fraction of sp³-hybridized carbons (Fsp3) is 0.643. The maximum atomic E-state index is 10.6. The van der Waals surface area contributed by atoms with Gasteiger partial charge in [-0.15, -0.1) is 0 Å². The van der Waals surface area contributed by atoms with Gasteiger partial charge < -0.3 is 4.74 Å². The number of halogens is 1. The summed E-state index contributed by atoms with van der Waals surface area (Å²) in [5.74, 6) is -0.223. The number of alkyl halides is 1. The molecule has 0 aliphatic carbocycles. The molecule has 98 valence electrons. The smallest absolute Gasteiger partial charge is 0.302 e. The molecule has 0 aromatic heterocycles. The van der Waals surface area contributed by atoms with Gasteiger partial charge in [-0.3, -0.25) is 4.79 Å². The van der Waals surface area contributed by atoms with Crippen LogP contribution in [0.2, 0.25) is 0 Å². The van der Waals surface area contributed by atoms with E-state index in [0.717, 1.165) is 18.2 Å². The zero-order chi connectivity index (χ0) is 13.1. The Bertz CT molecular complexity index is 280. The van der Waals surface area contributed by atoms with Crippen LogP contribution in [0, 0.1) is 0 Å². The van der Waals surface area contributed by atoms with Crippen LogP contribution in [-0.4, -0.2) is 17.9 Å². The highest BCUT2D eigenvalue weighted by molar-refractivity contribution is 9.09. The number of hydrogen-bond donors (Lipinski definition) is 0. The summed E-state index contributed by atoms with van der Waals surface area (Å²) >= 11 is 3.43. The molecule has 0 spiro atoms. The van der Waals surface area contributed by atoms with Crippen LogP contribution in [0.15, 0.2) is 23.3 Å². The number of rotatable bonds is 8. The molecule has 0 amide bonds. The minimum absolute atomic E-state index is 0.223. The summed E-state index contributed by atoms with van der Waals surface area (Å²) in [6.07, 6.45) is 8.74. The van der Waals surface area contributed by atoms with Gasteiger partial charge in [0.05, 0.1) is 0 Å². The summed E-state index contributed by atoms with van der Waals surface area (Å²) in [6, 6.07) is 0. The van der Waals surface area contributed by atoms with Crippen molar-refractivity contribution < 1.29 is 9.53 Å². The topological polar surface area (TPSA) is 26.3 Å². The van der Waals surface area contributed by atoms with Crippen LogP contribution in [0.4, 0.5) is 0 Å². The second-order valence-electron chi connectivity index (χ2n) is 4.23. The molecule has 0 unspecified atom stereocenters. The first-order valence-corrected chi connectivity index (χ1v) is 7.19. The van der Waals surface area contributed by atoms with Crippen LogP contribution in [0.3, 0.4) is 0 Å². The van der Waals surface area contributed by atoms with Crippen molar-refractivity contribution in [2.75, 3.05) is 11.9 Å². The molecule has 0 aliphatic heterocycles. The van der Waals surface area contributed by atoms with Gasteiger partial charge in [0.1, 0.15) is 6.61 Å². The predicted molar refractivity (Wildman–Crippen MR) is 76.4 cm³/mol. The van der Waals surface area contributed by atoms with E-state index in [4.69, 9.17) is 4.74 Å². The quantitative estimate of drug-likeness (QED) is 0.377. The summed E-state index contributed by atoms with van der Waals surface area (Å²) in [5, 5.41) is 1.07. The van der Waals surface area contributed by atoms with Crippen LogP contribution in [0.1, 0.15) is 46.5 Å². The predicted octanol–water partition coefficient (Wildman–Crippen LogP) is 4.40. The zero-order valence-electron chi connectivity index (χ0n) is 11.1. The fourth-order valence-electron chi connectivity index (χ4n) is 1.40. The highest BCUT2D eigenvalue weighted by atomic mass is 79.9. The molecule has 0 atom stereocenters. The lowest BCUT2D eigenvalue weighted by molar-refractivity contribution is -0.139. The molecule has 17 heavy (non-hydrogen) atoms. The molecule has 0 aromatic carbocycles. The highest BCUT2D eigenvalue weighted by Crippen LogP contribution is 2.10. The minimum atomic E-state index is -0.223. The Hall–Kier alpha value is -0.570. The van der Waals surface area contributed by atoms with Gasteiger partial charge >= 0.3 is 5.97 Å². The largest absolute Gasteiger partial charge is 0.462 e. The Morgan fingerprint density at radius 3 is 2.35 bits per heavy atom. The molecule has 3 heteroatoms. The van der Waals surface area contributed by atoms with E-state index in [-0.39, 0.29) is 5.97 Å². The maximum Gasteiger partial charge on any atom is 0.302 e. The van der Waals surface area contributed by atoms with E-state index in [1.54, 1.807) is 0 Å². The Balaban J connectivity index is 3.75. The van der Waals surface area contributed by atoms with Gasteiger partial charge in [0.15, 0.2) is 0 Å². The monoisotopic (exact) mass is 302 g/mol. The van der Waals surface area contributed by atoms with Crippen molar-refractivity contribution in [3.63, 3.8) is 0 Å². The molecule has 0 aromatic rings. The van der Waals surface area contributed by atoms with Crippen molar-refractivity contribution in [2.45, 2.75) is 46.5 Å². The summed E-state index contributed by atoms with van der Waals surface area (Å²) in [7, 11) is 0. The summed E-state index contributed by atoms with van der Waals surface area (Å²) in [5.41, 5.74) is 2.73. The lowest BCUT2D eigenvalue weighted by Crippen LogP contribution is -1.98. The maximum absolute atomic E-state index is 10.6. The molecule has 0 rings (SSSR count). The van der Waals surface area contributed by atoms with E-state index in [0.29, 0.717) is 6.61 Å². The van der Waals surface area contributed by atoms with Crippen molar-refractivity contribution in [1.29, 1.82) is 0 Å². The van der Waals surface area contributed by atoms with Crippen molar-refractivity contribution in [2.24, 2.45) is 0 Å². The van der Waals surface area contributed by atoms with Crippen LogP contribution in [0.5, 0.6) is 0 Å². The third-order valence-corrected chi connectivity index (χ3v) is 3.02. The van der Waals surface area contributed by atoms with Crippen molar-refractivity contribution in [3.8, 4) is 0 Å². The number of allylic oxidation sites excluding steroid dienone is 3. The van der Waals surface area contributed by atoms with Crippen molar-refractivity contribution in [3.05, 3.63) is 23.3 Å². The summed E-state index contributed by atoms with van der Waals surface area (Å²) < 4.78 is 4.86. The van der Waals surface area contributed by atoms with Gasteiger partial charge in [-0.05, 0) is 45.6 Å². The number of esters is 1. The zero-order valence-corrected chi connectivity index (χ0v) is 12.7. The van der Waals surface area contributed by atoms with Gasteiger partial charge in [-0.1, -0.05) is 33.2 Å². The van der Waals surface area contributed by atoms with E-state index >= 15 is 0 Å². The fourth-order valence-corrected chi connectivity index (χ4v) is 1.68. The SMILES string of the molecule is CC(=O)OC/C=C(\C)CC/C=C(\C)CCCBr. The molecule has 2 nitrogen and oxygen atoms in total. The standard InChI is InChI=1S/C14H23BrO2/c1-12(8-5-10-15)6-4-7-13(2)9-11-17-14(3)16/h6,9H,4-5,7-8,10-11H2,1-3H3/b12-6+,13-9+. The Kier molecular flexibility index (Phi) is 10.2. The van der Waals surface area contributed by atoms with Crippen LogP contribution >= 0.6 is 15.9 Å². The van der Waals surface area contributed by atoms with E-state index in [9.17, 15) is 4.79 Å². The molecule has 0 heterocycles. The molecule has 0 bridgehead atoms. The Morgan fingerprint density at radius 2 is 1.76 bits per heavy atom. The van der Waals surface area contributed by atoms with Crippen LogP contribution in [-0.2, 0) is 9.53 Å².